The Morgan fingerprint density at radius 3 is 3.05 bits per heavy atom. The summed E-state index contributed by atoms with van der Waals surface area (Å²) in [4.78, 5) is 13.8. The highest BCUT2D eigenvalue weighted by atomic mass is 79.9. The van der Waals surface area contributed by atoms with Crippen LogP contribution in [0.1, 0.15) is 11.3 Å². The highest BCUT2D eigenvalue weighted by Crippen LogP contribution is 2.24. The molecule has 2 aromatic heterocycles. The van der Waals surface area contributed by atoms with E-state index in [1.165, 1.54) is 4.90 Å². The normalized spacial score (nSPS) is 17.1. The van der Waals surface area contributed by atoms with Gasteiger partial charge in [0.05, 0.1) is 16.6 Å². The first-order chi connectivity index (χ1) is 9.63. The third-order valence-corrected chi connectivity index (χ3v) is 4.60. The monoisotopic (exact) mass is 368 g/mol. The second-order valence-electron chi connectivity index (χ2n) is 4.14. The van der Waals surface area contributed by atoms with Gasteiger partial charge in [0.2, 0.25) is 0 Å². The summed E-state index contributed by atoms with van der Waals surface area (Å²) in [5.41, 5.74) is 1.44. The molecule has 0 aliphatic carbocycles. The van der Waals surface area contributed by atoms with Gasteiger partial charge in [0.15, 0.2) is 5.11 Å². The number of thiophene rings is 1. The van der Waals surface area contributed by atoms with Crippen LogP contribution in [0.15, 0.2) is 43.7 Å². The molecule has 20 heavy (non-hydrogen) atoms. The molecule has 1 aliphatic heterocycles. The van der Waals surface area contributed by atoms with Gasteiger partial charge in [-0.2, -0.15) is 0 Å². The Morgan fingerprint density at radius 2 is 2.40 bits per heavy atom. The minimum Gasteiger partial charge on any atom is -0.467 e. The van der Waals surface area contributed by atoms with Crippen LogP contribution in [-0.2, 0) is 11.3 Å². The summed E-state index contributed by atoms with van der Waals surface area (Å²) in [5.74, 6) is 0.552. The maximum atomic E-state index is 12.3. The molecule has 102 valence electrons. The molecule has 7 heteroatoms. The fourth-order valence-corrected chi connectivity index (χ4v) is 3.23. The smallest absolute Gasteiger partial charge is 0.276 e. The number of nitrogens with one attached hydrogen (secondary N) is 1. The van der Waals surface area contributed by atoms with Gasteiger partial charge in [0.1, 0.15) is 11.5 Å². The lowest BCUT2D eigenvalue weighted by Gasteiger charge is -2.11. The van der Waals surface area contributed by atoms with Crippen molar-refractivity contribution < 1.29 is 9.21 Å². The third kappa shape index (κ3) is 2.70. The molecular weight excluding hydrogens is 360 g/mol. The number of hydrogen-bond acceptors (Lipinski definition) is 4. The molecule has 1 aliphatic rings. The summed E-state index contributed by atoms with van der Waals surface area (Å²) in [5, 5.41) is 5.30. The second kappa shape index (κ2) is 5.51. The lowest BCUT2D eigenvalue weighted by atomic mass is 10.2. The standard InChI is InChI=1S/C13H9BrN2O2S2/c14-11-5-8(7-20-11)4-10-12(17)16(13(19)15-10)6-9-2-1-3-18-9/h1-5,7H,6H2,(H,15,19). The van der Waals surface area contributed by atoms with Gasteiger partial charge in [-0.05, 0) is 63.4 Å². The van der Waals surface area contributed by atoms with Crippen molar-refractivity contribution >= 4 is 56.6 Å². The summed E-state index contributed by atoms with van der Waals surface area (Å²) >= 11 is 10.2. The Labute approximate surface area is 133 Å². The van der Waals surface area contributed by atoms with Crippen molar-refractivity contribution in [1.29, 1.82) is 0 Å². The van der Waals surface area contributed by atoms with Crippen LogP contribution in [0.3, 0.4) is 0 Å². The zero-order valence-electron chi connectivity index (χ0n) is 10.1. The largest absolute Gasteiger partial charge is 0.467 e. The lowest BCUT2D eigenvalue weighted by molar-refractivity contribution is -0.122. The highest BCUT2D eigenvalue weighted by molar-refractivity contribution is 9.11. The average molecular weight is 369 g/mol. The number of carbonyl (C=O) groups is 1. The summed E-state index contributed by atoms with van der Waals surface area (Å²) in [6.45, 7) is 0.336. The van der Waals surface area contributed by atoms with Gasteiger partial charge in [-0.1, -0.05) is 0 Å². The van der Waals surface area contributed by atoms with Crippen LogP contribution in [0.4, 0.5) is 0 Å². The predicted octanol–water partition coefficient (Wildman–Crippen LogP) is 3.36. The van der Waals surface area contributed by atoms with E-state index >= 15 is 0 Å². The van der Waals surface area contributed by atoms with Gasteiger partial charge in [0.25, 0.3) is 5.91 Å². The van der Waals surface area contributed by atoms with E-state index in [9.17, 15) is 4.79 Å². The van der Waals surface area contributed by atoms with E-state index in [1.54, 1.807) is 29.7 Å². The average Bonchev–Trinajstić information content (AvgIpc) is 3.10. The van der Waals surface area contributed by atoms with Crippen LogP contribution in [0, 0.1) is 0 Å². The first-order valence-corrected chi connectivity index (χ1v) is 7.82. The molecule has 0 unspecified atom stereocenters. The van der Waals surface area contributed by atoms with Crippen LogP contribution >= 0.6 is 39.5 Å². The molecule has 3 rings (SSSR count). The third-order valence-electron chi connectivity index (χ3n) is 2.76. The van der Waals surface area contributed by atoms with E-state index < -0.39 is 0 Å². The lowest BCUT2D eigenvalue weighted by Crippen LogP contribution is -2.29. The molecule has 0 saturated carbocycles. The first kappa shape index (κ1) is 13.5. The number of amides is 1. The van der Waals surface area contributed by atoms with Crippen molar-refractivity contribution in [2.75, 3.05) is 0 Å². The topological polar surface area (TPSA) is 45.5 Å². The van der Waals surface area contributed by atoms with Crippen LogP contribution in [0.5, 0.6) is 0 Å². The van der Waals surface area contributed by atoms with Crippen molar-refractivity contribution in [2.24, 2.45) is 0 Å². The number of nitrogens with zero attached hydrogens (tertiary/aromatic N) is 1. The van der Waals surface area contributed by atoms with Crippen LogP contribution in [0.2, 0.25) is 0 Å². The highest BCUT2D eigenvalue weighted by Gasteiger charge is 2.31. The molecule has 0 spiro atoms. The minimum atomic E-state index is -0.145. The molecule has 1 amide bonds. The fraction of sp³-hybridized carbons (Fsp3) is 0.0769. The van der Waals surface area contributed by atoms with Crippen LogP contribution in [0.25, 0.3) is 6.08 Å². The van der Waals surface area contributed by atoms with Crippen molar-refractivity contribution in [3.8, 4) is 0 Å². The van der Waals surface area contributed by atoms with Gasteiger partial charge in [0, 0.05) is 0 Å². The van der Waals surface area contributed by atoms with E-state index in [-0.39, 0.29) is 5.91 Å². The predicted molar refractivity (Wildman–Crippen MR) is 85.0 cm³/mol. The molecule has 0 atom stereocenters. The maximum Gasteiger partial charge on any atom is 0.276 e. The van der Waals surface area contributed by atoms with Crippen LogP contribution < -0.4 is 5.32 Å². The zero-order valence-corrected chi connectivity index (χ0v) is 13.3. The summed E-state index contributed by atoms with van der Waals surface area (Å²) < 4.78 is 6.26. The van der Waals surface area contributed by atoms with E-state index in [0.29, 0.717) is 23.1 Å². The van der Waals surface area contributed by atoms with Crippen molar-refractivity contribution in [3.63, 3.8) is 0 Å². The molecule has 0 aromatic carbocycles. The van der Waals surface area contributed by atoms with Gasteiger partial charge in [-0.3, -0.25) is 9.69 Å². The molecule has 0 bridgehead atoms. The molecule has 3 heterocycles. The molecule has 2 aromatic rings. The Morgan fingerprint density at radius 1 is 1.55 bits per heavy atom. The number of hydrogen-bond donors (Lipinski definition) is 1. The van der Waals surface area contributed by atoms with Crippen molar-refractivity contribution in [3.05, 3.63) is 50.6 Å². The number of thiocarbonyl (C=S) groups is 1. The van der Waals surface area contributed by atoms with E-state index in [0.717, 1.165) is 9.35 Å². The molecule has 1 N–H and O–H groups in total. The van der Waals surface area contributed by atoms with E-state index in [1.807, 2.05) is 17.5 Å². The molecule has 0 radical (unpaired) electrons. The minimum absolute atomic E-state index is 0.145. The van der Waals surface area contributed by atoms with Gasteiger partial charge >= 0.3 is 0 Å². The summed E-state index contributed by atoms with van der Waals surface area (Å²) in [7, 11) is 0. The quantitative estimate of drug-likeness (QED) is 0.666. The number of rotatable bonds is 3. The fourth-order valence-electron chi connectivity index (χ4n) is 1.84. The molecular formula is C13H9BrN2O2S2. The summed E-state index contributed by atoms with van der Waals surface area (Å²) in [6, 6.07) is 5.55. The number of carbonyl (C=O) groups excluding carboxylic acids is 1. The van der Waals surface area contributed by atoms with E-state index in [2.05, 4.69) is 21.2 Å². The molecule has 4 nitrogen and oxygen atoms in total. The number of furan rings is 1. The zero-order chi connectivity index (χ0) is 14.1. The second-order valence-corrected chi connectivity index (χ2v) is 6.82. The number of halogens is 1. The molecule has 1 fully saturated rings. The summed E-state index contributed by atoms with van der Waals surface area (Å²) in [6.07, 6.45) is 3.37. The van der Waals surface area contributed by atoms with Crippen LogP contribution in [-0.4, -0.2) is 15.9 Å². The van der Waals surface area contributed by atoms with Crippen molar-refractivity contribution in [2.45, 2.75) is 6.54 Å². The first-order valence-electron chi connectivity index (χ1n) is 5.74. The maximum absolute atomic E-state index is 12.3. The Bertz CT molecular complexity index is 691. The Kier molecular flexibility index (Phi) is 3.73. The van der Waals surface area contributed by atoms with Crippen molar-refractivity contribution in [1.82, 2.24) is 10.2 Å². The Balaban J connectivity index is 1.81. The molecule has 1 saturated heterocycles. The SMILES string of the molecule is O=C1C(=Cc2csc(Br)c2)NC(=S)N1Cc1ccco1. The van der Waals surface area contributed by atoms with Gasteiger partial charge in [-0.15, -0.1) is 11.3 Å². The van der Waals surface area contributed by atoms with E-state index in [4.69, 9.17) is 16.6 Å². The van der Waals surface area contributed by atoms with Gasteiger partial charge in [-0.25, -0.2) is 0 Å². The van der Waals surface area contributed by atoms with Gasteiger partial charge < -0.3 is 9.73 Å². The Hall–Kier alpha value is -1.44.